The van der Waals surface area contributed by atoms with Gasteiger partial charge in [0.05, 0.1) is 0 Å². The number of esters is 1. The van der Waals surface area contributed by atoms with Gasteiger partial charge < -0.3 is 13.8 Å². The maximum Gasteiger partial charge on any atom is 0.374 e. The summed E-state index contributed by atoms with van der Waals surface area (Å²) in [6.07, 6.45) is 0.667. The molecule has 0 unspecified atom stereocenters. The Hall–Kier alpha value is 0.490. The third-order valence-electron chi connectivity index (χ3n) is 1.77. The van der Waals surface area contributed by atoms with E-state index in [4.69, 9.17) is 39.5 Å². The van der Waals surface area contributed by atoms with Gasteiger partial charge in [0.25, 0.3) is 0 Å². The van der Waals surface area contributed by atoms with Crippen LogP contribution < -0.4 is 0 Å². The Labute approximate surface area is 115 Å². The number of rotatable bonds is 6. The van der Waals surface area contributed by atoms with E-state index in [0.29, 0.717) is 6.42 Å². The van der Waals surface area contributed by atoms with Crippen LogP contribution in [0.2, 0.25) is 0 Å². The topological polar surface area (TPSA) is 61.8 Å². The van der Waals surface area contributed by atoms with Crippen LogP contribution >= 0.6 is 42.4 Å². The number of halogens is 3. The fourth-order valence-corrected chi connectivity index (χ4v) is 3.31. The summed E-state index contributed by atoms with van der Waals surface area (Å²) in [5.41, 5.74) is 0. The number of carbonyl (C=O) groups is 1. The second-order valence-electron chi connectivity index (χ2n) is 3.04. The molecule has 0 heterocycles. The molecule has 5 nitrogen and oxygen atoms in total. The van der Waals surface area contributed by atoms with Crippen molar-refractivity contribution in [3.63, 3.8) is 0 Å². The van der Waals surface area contributed by atoms with Gasteiger partial charge in [-0.1, -0.05) is 41.7 Å². The van der Waals surface area contributed by atoms with E-state index in [-0.39, 0.29) is 6.42 Å². The standard InChI is InChI=1S/C8H14Cl3O5P/c1-4-5-6(12)16-7(8(9,10)11)17(13,14-2)15-3/h7H,4-5H2,1-3H3/t7-/m0/s1. The fraction of sp³-hybridized carbons (Fsp3) is 0.875. The van der Waals surface area contributed by atoms with Crippen LogP contribution in [0.3, 0.4) is 0 Å². The first-order chi connectivity index (χ1) is 7.71. The maximum atomic E-state index is 12.1. The molecule has 0 bridgehead atoms. The van der Waals surface area contributed by atoms with E-state index in [1.165, 1.54) is 0 Å². The minimum Gasteiger partial charge on any atom is -0.445 e. The zero-order chi connectivity index (χ0) is 13.7. The van der Waals surface area contributed by atoms with Crippen LogP contribution in [0, 0.1) is 0 Å². The lowest BCUT2D eigenvalue weighted by molar-refractivity contribution is -0.146. The lowest BCUT2D eigenvalue weighted by Crippen LogP contribution is -2.32. The summed E-state index contributed by atoms with van der Waals surface area (Å²) < 4.78 is 24.1. The highest BCUT2D eigenvalue weighted by atomic mass is 35.6. The molecule has 0 radical (unpaired) electrons. The molecule has 0 saturated carbocycles. The van der Waals surface area contributed by atoms with Crippen LogP contribution in [0.25, 0.3) is 0 Å². The van der Waals surface area contributed by atoms with Gasteiger partial charge in [0.15, 0.2) is 0 Å². The first-order valence-electron chi connectivity index (χ1n) is 4.68. The van der Waals surface area contributed by atoms with Crippen LogP contribution in [-0.2, 0) is 23.1 Å². The van der Waals surface area contributed by atoms with Crippen molar-refractivity contribution < 1.29 is 23.1 Å². The SMILES string of the molecule is CCCC(=O)O[C@H](C(Cl)(Cl)Cl)P(=O)(OC)OC. The van der Waals surface area contributed by atoms with Crippen LogP contribution in [0.5, 0.6) is 0 Å². The van der Waals surface area contributed by atoms with Crippen molar-refractivity contribution in [3.05, 3.63) is 0 Å². The lowest BCUT2D eigenvalue weighted by atomic mass is 10.3. The molecule has 0 N–H and O–H groups in total. The first kappa shape index (κ1) is 17.5. The Balaban J connectivity index is 5.03. The minimum absolute atomic E-state index is 0.116. The fourth-order valence-electron chi connectivity index (χ4n) is 0.964. The van der Waals surface area contributed by atoms with Gasteiger partial charge in [-0.05, 0) is 6.42 Å². The maximum absolute atomic E-state index is 12.1. The van der Waals surface area contributed by atoms with Gasteiger partial charge in [0.1, 0.15) is 0 Å². The molecule has 0 spiro atoms. The lowest BCUT2D eigenvalue weighted by Gasteiger charge is -2.28. The predicted octanol–water partition coefficient (Wildman–Crippen LogP) is 3.51. The predicted molar refractivity (Wildman–Crippen MR) is 66.7 cm³/mol. The minimum atomic E-state index is -3.83. The molecular weight excluding hydrogens is 313 g/mol. The van der Waals surface area contributed by atoms with Gasteiger partial charge >= 0.3 is 13.6 Å². The van der Waals surface area contributed by atoms with E-state index in [1.807, 2.05) is 0 Å². The number of carbonyl (C=O) groups excluding carboxylic acids is 1. The van der Waals surface area contributed by atoms with E-state index < -0.39 is 23.2 Å². The molecule has 0 saturated heterocycles. The van der Waals surface area contributed by atoms with Gasteiger partial charge in [-0.3, -0.25) is 9.36 Å². The van der Waals surface area contributed by atoms with Crippen molar-refractivity contribution in [1.82, 2.24) is 0 Å². The Bertz CT molecular complexity index is 296. The van der Waals surface area contributed by atoms with E-state index in [0.717, 1.165) is 14.2 Å². The molecule has 0 rings (SSSR count). The Morgan fingerprint density at radius 1 is 1.29 bits per heavy atom. The quantitative estimate of drug-likeness (QED) is 0.424. The Morgan fingerprint density at radius 2 is 1.76 bits per heavy atom. The van der Waals surface area contributed by atoms with Crippen LogP contribution in [0.1, 0.15) is 19.8 Å². The summed E-state index contributed by atoms with van der Waals surface area (Å²) in [6.45, 7) is 1.78. The van der Waals surface area contributed by atoms with Gasteiger partial charge in [0, 0.05) is 20.6 Å². The number of ether oxygens (including phenoxy) is 1. The smallest absolute Gasteiger partial charge is 0.374 e. The summed E-state index contributed by atoms with van der Waals surface area (Å²) in [4.78, 5) is 11.3. The second-order valence-corrected chi connectivity index (χ2v) is 7.69. The van der Waals surface area contributed by atoms with Gasteiger partial charge in [0.2, 0.25) is 9.64 Å². The third kappa shape index (κ3) is 5.33. The van der Waals surface area contributed by atoms with Crippen molar-refractivity contribution in [2.24, 2.45) is 0 Å². The van der Waals surface area contributed by atoms with Crippen molar-refractivity contribution in [3.8, 4) is 0 Å². The average Bonchev–Trinajstić information content (AvgIpc) is 2.24. The average molecular weight is 328 g/mol. The van der Waals surface area contributed by atoms with E-state index >= 15 is 0 Å². The van der Waals surface area contributed by atoms with E-state index in [2.05, 4.69) is 9.05 Å². The van der Waals surface area contributed by atoms with Gasteiger partial charge in [-0.2, -0.15) is 0 Å². The summed E-state index contributed by atoms with van der Waals surface area (Å²) in [5, 5.41) is 0. The monoisotopic (exact) mass is 326 g/mol. The number of hydrogen-bond donors (Lipinski definition) is 0. The Kier molecular flexibility index (Phi) is 7.38. The zero-order valence-corrected chi connectivity index (χ0v) is 12.8. The van der Waals surface area contributed by atoms with Gasteiger partial charge in [-0.25, -0.2) is 0 Å². The number of alkyl halides is 3. The molecule has 0 aromatic rings. The molecule has 9 heteroatoms. The molecule has 0 aliphatic heterocycles. The molecule has 0 aliphatic carbocycles. The zero-order valence-electron chi connectivity index (χ0n) is 9.61. The molecule has 0 aliphatic rings. The van der Waals surface area contributed by atoms with Crippen LogP contribution in [0.15, 0.2) is 0 Å². The summed E-state index contributed by atoms with van der Waals surface area (Å²) >= 11 is 16.8. The third-order valence-corrected chi connectivity index (χ3v) is 4.91. The molecular formula is C8H14Cl3O5P. The van der Waals surface area contributed by atoms with E-state index in [1.54, 1.807) is 6.92 Å². The van der Waals surface area contributed by atoms with Crippen molar-refractivity contribution in [2.75, 3.05) is 14.2 Å². The normalized spacial score (nSPS) is 14.5. The van der Waals surface area contributed by atoms with Crippen molar-refractivity contribution in [2.45, 2.75) is 29.4 Å². The summed E-state index contributed by atoms with van der Waals surface area (Å²) in [6, 6.07) is 0. The highest BCUT2D eigenvalue weighted by molar-refractivity contribution is 7.55. The highest BCUT2D eigenvalue weighted by Gasteiger charge is 2.51. The highest BCUT2D eigenvalue weighted by Crippen LogP contribution is 2.59. The summed E-state index contributed by atoms with van der Waals surface area (Å²) in [7, 11) is -1.60. The molecule has 102 valence electrons. The molecule has 0 fully saturated rings. The molecule has 0 amide bonds. The van der Waals surface area contributed by atoms with E-state index in [9.17, 15) is 9.36 Å². The summed E-state index contributed by atoms with van der Waals surface area (Å²) in [5.74, 6) is -2.24. The van der Waals surface area contributed by atoms with Crippen LogP contribution in [-0.4, -0.2) is 29.8 Å². The molecule has 0 aromatic heterocycles. The van der Waals surface area contributed by atoms with Gasteiger partial charge in [-0.15, -0.1) is 0 Å². The van der Waals surface area contributed by atoms with Crippen LogP contribution in [0.4, 0.5) is 0 Å². The van der Waals surface area contributed by atoms with Crippen molar-refractivity contribution >= 4 is 48.4 Å². The Morgan fingerprint density at radius 3 is 2.06 bits per heavy atom. The first-order valence-corrected chi connectivity index (χ1v) is 7.43. The molecule has 0 aromatic carbocycles. The van der Waals surface area contributed by atoms with Crippen molar-refractivity contribution in [1.29, 1.82) is 0 Å². The largest absolute Gasteiger partial charge is 0.445 e. The molecule has 17 heavy (non-hydrogen) atoms. The second kappa shape index (κ2) is 7.17. The molecule has 1 atom stereocenters. The number of hydrogen-bond acceptors (Lipinski definition) is 5.